The smallest absolute Gasteiger partial charge is 0.382 e. The van der Waals surface area contributed by atoms with Gasteiger partial charge in [0.2, 0.25) is 0 Å². The molecule has 9 heteroatoms. The standard InChI is InChI=1S/C10H15F3N4OS/c1-3-4-15-9-16-7(14)6(19-9)8(18)17(2)5-10(11,12)13/h3-5,14H2,1-2H3,(H,15,16). The monoisotopic (exact) mass is 296 g/mol. The van der Waals surface area contributed by atoms with Crippen LogP contribution in [0, 0.1) is 0 Å². The van der Waals surface area contributed by atoms with Gasteiger partial charge in [0, 0.05) is 13.6 Å². The van der Waals surface area contributed by atoms with E-state index in [-0.39, 0.29) is 10.7 Å². The second kappa shape index (κ2) is 6.09. The van der Waals surface area contributed by atoms with Crippen LogP contribution < -0.4 is 11.1 Å². The van der Waals surface area contributed by atoms with Gasteiger partial charge >= 0.3 is 6.18 Å². The minimum absolute atomic E-state index is 0.0188. The zero-order valence-corrected chi connectivity index (χ0v) is 11.4. The molecule has 3 N–H and O–H groups in total. The first-order valence-electron chi connectivity index (χ1n) is 5.57. The van der Waals surface area contributed by atoms with Gasteiger partial charge in [-0.05, 0) is 6.42 Å². The normalized spacial score (nSPS) is 11.4. The Balaban J connectivity index is 2.79. The highest BCUT2D eigenvalue weighted by atomic mass is 32.1. The Bertz CT molecular complexity index is 446. The van der Waals surface area contributed by atoms with Crippen molar-refractivity contribution in [1.82, 2.24) is 9.88 Å². The molecule has 108 valence electrons. The number of nitrogens with one attached hydrogen (secondary N) is 1. The van der Waals surface area contributed by atoms with Crippen LogP contribution in [-0.4, -0.2) is 42.1 Å². The number of aromatic nitrogens is 1. The fourth-order valence-electron chi connectivity index (χ4n) is 1.31. The van der Waals surface area contributed by atoms with Gasteiger partial charge in [0.15, 0.2) is 5.13 Å². The minimum Gasteiger partial charge on any atom is -0.382 e. The fourth-order valence-corrected chi connectivity index (χ4v) is 2.21. The zero-order chi connectivity index (χ0) is 14.6. The molecule has 0 unspecified atom stereocenters. The number of anilines is 2. The van der Waals surface area contributed by atoms with Crippen molar-refractivity contribution in [2.45, 2.75) is 19.5 Å². The molecule has 0 aliphatic heterocycles. The molecule has 1 aromatic rings. The van der Waals surface area contributed by atoms with E-state index in [9.17, 15) is 18.0 Å². The second-order valence-corrected chi connectivity index (χ2v) is 4.94. The molecular weight excluding hydrogens is 281 g/mol. The maximum absolute atomic E-state index is 12.2. The largest absolute Gasteiger partial charge is 0.406 e. The molecule has 0 radical (unpaired) electrons. The van der Waals surface area contributed by atoms with E-state index in [4.69, 9.17) is 5.73 Å². The summed E-state index contributed by atoms with van der Waals surface area (Å²) in [7, 11) is 1.08. The van der Waals surface area contributed by atoms with E-state index in [2.05, 4.69) is 10.3 Å². The SMILES string of the molecule is CCCNc1nc(N)c(C(=O)N(C)CC(F)(F)F)s1. The molecule has 0 aliphatic rings. The lowest BCUT2D eigenvalue weighted by Gasteiger charge is -2.17. The average Bonchev–Trinajstić information content (AvgIpc) is 2.64. The molecule has 0 aliphatic carbocycles. The van der Waals surface area contributed by atoms with E-state index in [1.807, 2.05) is 6.92 Å². The average molecular weight is 296 g/mol. The molecule has 1 aromatic heterocycles. The number of carbonyl (C=O) groups is 1. The lowest BCUT2D eigenvalue weighted by Crippen LogP contribution is -2.35. The molecule has 0 fully saturated rings. The number of hydrogen-bond donors (Lipinski definition) is 2. The molecule has 5 nitrogen and oxygen atoms in total. The first kappa shape index (κ1) is 15.5. The summed E-state index contributed by atoms with van der Waals surface area (Å²) in [6, 6.07) is 0. The van der Waals surface area contributed by atoms with Crippen LogP contribution in [0.5, 0.6) is 0 Å². The predicted molar refractivity (Wildman–Crippen MR) is 68.3 cm³/mol. The zero-order valence-electron chi connectivity index (χ0n) is 10.5. The summed E-state index contributed by atoms with van der Waals surface area (Å²) in [5, 5.41) is 3.37. The first-order valence-corrected chi connectivity index (χ1v) is 6.38. The van der Waals surface area contributed by atoms with Crippen molar-refractivity contribution < 1.29 is 18.0 Å². The van der Waals surface area contributed by atoms with E-state index < -0.39 is 18.6 Å². The van der Waals surface area contributed by atoms with Gasteiger partial charge in [-0.1, -0.05) is 18.3 Å². The Kier molecular flexibility index (Phi) is 4.98. The number of thiazole rings is 1. The Hall–Kier alpha value is -1.51. The number of amides is 1. The highest BCUT2D eigenvalue weighted by Gasteiger charge is 2.32. The molecule has 1 heterocycles. The number of alkyl halides is 3. The molecule has 0 aromatic carbocycles. The molecular formula is C10H15F3N4OS. The van der Waals surface area contributed by atoms with Crippen LogP contribution in [0.3, 0.4) is 0 Å². The van der Waals surface area contributed by atoms with Crippen molar-refractivity contribution in [2.24, 2.45) is 0 Å². The lowest BCUT2D eigenvalue weighted by molar-refractivity contribution is -0.138. The van der Waals surface area contributed by atoms with Gasteiger partial charge in [0.05, 0.1) is 0 Å². The van der Waals surface area contributed by atoms with E-state index in [1.165, 1.54) is 0 Å². The third kappa shape index (κ3) is 4.58. The second-order valence-electron chi connectivity index (χ2n) is 3.94. The number of rotatable bonds is 5. The van der Waals surface area contributed by atoms with Gasteiger partial charge < -0.3 is 16.0 Å². The molecule has 0 saturated heterocycles. The highest BCUT2D eigenvalue weighted by Crippen LogP contribution is 2.27. The summed E-state index contributed by atoms with van der Waals surface area (Å²) in [6.45, 7) is 1.28. The van der Waals surface area contributed by atoms with Gasteiger partial charge in [-0.25, -0.2) is 4.98 Å². The Morgan fingerprint density at radius 1 is 1.53 bits per heavy atom. The van der Waals surface area contributed by atoms with E-state index in [0.29, 0.717) is 16.6 Å². The van der Waals surface area contributed by atoms with Gasteiger partial charge in [-0.3, -0.25) is 4.79 Å². The Labute approximate surface area is 112 Å². The van der Waals surface area contributed by atoms with E-state index >= 15 is 0 Å². The number of hydrogen-bond acceptors (Lipinski definition) is 5. The number of carbonyl (C=O) groups excluding carboxylic acids is 1. The van der Waals surface area contributed by atoms with Crippen LogP contribution >= 0.6 is 11.3 Å². The first-order chi connectivity index (χ1) is 8.74. The third-order valence-electron chi connectivity index (χ3n) is 2.14. The summed E-state index contributed by atoms with van der Waals surface area (Å²) < 4.78 is 36.6. The highest BCUT2D eigenvalue weighted by molar-refractivity contribution is 7.18. The number of nitrogens with zero attached hydrogens (tertiary/aromatic N) is 2. The molecule has 1 rings (SSSR count). The van der Waals surface area contributed by atoms with Crippen molar-refractivity contribution in [2.75, 3.05) is 31.2 Å². The number of nitrogen functional groups attached to an aromatic ring is 1. The van der Waals surface area contributed by atoms with Gasteiger partial charge in [-0.15, -0.1) is 0 Å². The van der Waals surface area contributed by atoms with Crippen molar-refractivity contribution in [3.05, 3.63) is 4.88 Å². The fraction of sp³-hybridized carbons (Fsp3) is 0.600. The van der Waals surface area contributed by atoms with Crippen LogP contribution in [0.15, 0.2) is 0 Å². The van der Waals surface area contributed by atoms with Gasteiger partial charge in [-0.2, -0.15) is 13.2 Å². The molecule has 0 atom stereocenters. The summed E-state index contributed by atoms with van der Waals surface area (Å²) in [5.74, 6) is -0.834. The summed E-state index contributed by atoms with van der Waals surface area (Å²) in [6.07, 6.45) is -3.58. The minimum atomic E-state index is -4.44. The number of nitrogens with two attached hydrogens (primary N) is 1. The van der Waals surface area contributed by atoms with Crippen LogP contribution in [0.25, 0.3) is 0 Å². The number of halogens is 3. The van der Waals surface area contributed by atoms with Crippen molar-refractivity contribution in [3.63, 3.8) is 0 Å². The third-order valence-corrected chi connectivity index (χ3v) is 3.15. The van der Waals surface area contributed by atoms with E-state index in [0.717, 1.165) is 24.8 Å². The molecule has 1 amide bonds. The summed E-state index contributed by atoms with van der Waals surface area (Å²) in [4.78, 5) is 16.3. The quantitative estimate of drug-likeness (QED) is 0.873. The van der Waals surface area contributed by atoms with Crippen LogP contribution in [0.2, 0.25) is 0 Å². The molecule has 0 spiro atoms. The van der Waals surface area contributed by atoms with Crippen molar-refractivity contribution >= 4 is 28.2 Å². The van der Waals surface area contributed by atoms with Crippen LogP contribution in [0.1, 0.15) is 23.0 Å². The lowest BCUT2D eigenvalue weighted by atomic mass is 10.4. The van der Waals surface area contributed by atoms with Crippen LogP contribution in [-0.2, 0) is 0 Å². The van der Waals surface area contributed by atoms with Crippen LogP contribution in [0.4, 0.5) is 24.1 Å². The summed E-state index contributed by atoms with van der Waals surface area (Å²) >= 11 is 0.956. The molecule has 0 saturated carbocycles. The Morgan fingerprint density at radius 2 is 2.16 bits per heavy atom. The maximum atomic E-state index is 12.2. The van der Waals surface area contributed by atoms with E-state index in [1.54, 1.807) is 0 Å². The van der Waals surface area contributed by atoms with Crippen molar-refractivity contribution in [1.29, 1.82) is 0 Å². The van der Waals surface area contributed by atoms with Crippen molar-refractivity contribution in [3.8, 4) is 0 Å². The predicted octanol–water partition coefficient (Wildman–Crippen LogP) is 2.18. The van der Waals surface area contributed by atoms with Gasteiger partial charge in [0.25, 0.3) is 5.91 Å². The molecule has 19 heavy (non-hydrogen) atoms. The summed E-state index contributed by atoms with van der Waals surface area (Å²) in [5.41, 5.74) is 5.55. The Morgan fingerprint density at radius 3 is 2.68 bits per heavy atom. The topological polar surface area (TPSA) is 71.2 Å². The van der Waals surface area contributed by atoms with Gasteiger partial charge in [0.1, 0.15) is 17.2 Å². The molecule has 0 bridgehead atoms. The maximum Gasteiger partial charge on any atom is 0.406 e.